The molecular formula is C25H40ClN3O4. The van der Waals surface area contributed by atoms with Gasteiger partial charge in [0.2, 0.25) is 0 Å². The van der Waals surface area contributed by atoms with Crippen molar-refractivity contribution in [2.45, 2.75) is 78.0 Å². The van der Waals surface area contributed by atoms with Crippen LogP contribution in [-0.2, 0) is 16.0 Å². The summed E-state index contributed by atoms with van der Waals surface area (Å²) in [5.74, 6) is 0.597. The zero-order valence-electron chi connectivity index (χ0n) is 20.9. The number of methoxy groups -OCH3 is 1. The van der Waals surface area contributed by atoms with E-state index in [2.05, 4.69) is 26.1 Å². The number of piperidine rings is 1. The molecule has 1 aromatic rings. The van der Waals surface area contributed by atoms with Crippen molar-refractivity contribution in [3.05, 3.63) is 23.3 Å². The van der Waals surface area contributed by atoms with E-state index in [0.717, 1.165) is 31.5 Å². The molecule has 33 heavy (non-hydrogen) atoms. The standard InChI is InChI=1S/C25H39N3O4.ClH/c1-7-18-14-22-21(27(12-9-13-31-6)24(30)25(4,5)32-22)15-20(18)23(29)28(17(2)3)19-10-8-11-26-16-19;/h14-15,17,19,26H,7-13,16H2,1-6H3;1H/t19-;/m1./s1. The number of amides is 2. The fraction of sp³-hybridized carbons (Fsp3) is 0.680. The lowest BCUT2D eigenvalue weighted by Gasteiger charge is -2.40. The zero-order chi connectivity index (χ0) is 23.5. The fourth-order valence-corrected chi connectivity index (χ4v) is 4.77. The Morgan fingerprint density at radius 1 is 1.36 bits per heavy atom. The molecule has 0 spiro atoms. The number of anilines is 1. The van der Waals surface area contributed by atoms with E-state index < -0.39 is 5.60 Å². The van der Waals surface area contributed by atoms with Crippen LogP contribution >= 0.6 is 12.4 Å². The number of hydrogen-bond donors (Lipinski definition) is 1. The maximum Gasteiger partial charge on any atom is 0.270 e. The van der Waals surface area contributed by atoms with E-state index in [1.165, 1.54) is 0 Å². The van der Waals surface area contributed by atoms with Crippen molar-refractivity contribution in [3.8, 4) is 5.75 Å². The van der Waals surface area contributed by atoms with Crippen molar-refractivity contribution in [1.29, 1.82) is 0 Å². The predicted octanol–water partition coefficient (Wildman–Crippen LogP) is 3.81. The Bertz CT molecular complexity index is 837. The van der Waals surface area contributed by atoms with E-state index >= 15 is 0 Å². The Morgan fingerprint density at radius 2 is 2.09 bits per heavy atom. The molecule has 8 heteroatoms. The fourth-order valence-electron chi connectivity index (χ4n) is 4.77. The molecule has 0 saturated carbocycles. The van der Waals surface area contributed by atoms with Gasteiger partial charge in [-0.3, -0.25) is 9.59 Å². The summed E-state index contributed by atoms with van der Waals surface area (Å²) in [5.41, 5.74) is 1.34. The highest BCUT2D eigenvalue weighted by molar-refractivity contribution is 6.05. The Labute approximate surface area is 204 Å². The van der Waals surface area contributed by atoms with Gasteiger partial charge >= 0.3 is 0 Å². The van der Waals surface area contributed by atoms with E-state index in [0.29, 0.717) is 43.0 Å². The van der Waals surface area contributed by atoms with Crippen LogP contribution in [0, 0.1) is 0 Å². The number of nitrogens with one attached hydrogen (secondary N) is 1. The van der Waals surface area contributed by atoms with Crippen molar-refractivity contribution in [3.63, 3.8) is 0 Å². The molecule has 2 heterocycles. The van der Waals surface area contributed by atoms with Crippen LogP contribution in [0.4, 0.5) is 5.69 Å². The van der Waals surface area contributed by atoms with Crippen LogP contribution in [0.3, 0.4) is 0 Å². The molecule has 2 aliphatic heterocycles. The second-order valence-corrected chi connectivity index (χ2v) is 9.55. The molecule has 0 unspecified atom stereocenters. The lowest BCUT2D eigenvalue weighted by atomic mass is 9.96. The third kappa shape index (κ3) is 5.81. The van der Waals surface area contributed by atoms with Gasteiger partial charge in [0.15, 0.2) is 5.60 Å². The van der Waals surface area contributed by atoms with E-state index in [1.807, 2.05) is 17.0 Å². The third-order valence-electron chi connectivity index (χ3n) is 6.40. The highest BCUT2D eigenvalue weighted by Crippen LogP contribution is 2.40. The first-order valence-corrected chi connectivity index (χ1v) is 11.9. The molecule has 7 nitrogen and oxygen atoms in total. The Kier molecular flexibility index (Phi) is 9.58. The minimum Gasteiger partial charge on any atom is -0.476 e. The smallest absolute Gasteiger partial charge is 0.270 e. The average molecular weight is 482 g/mol. The number of aryl methyl sites for hydroxylation is 1. The molecule has 0 aliphatic carbocycles. The highest BCUT2D eigenvalue weighted by atomic mass is 35.5. The van der Waals surface area contributed by atoms with Crippen molar-refractivity contribution in [2.24, 2.45) is 0 Å². The molecule has 0 radical (unpaired) electrons. The van der Waals surface area contributed by atoms with E-state index in [-0.39, 0.29) is 36.3 Å². The van der Waals surface area contributed by atoms with Gasteiger partial charge in [0.25, 0.3) is 11.8 Å². The molecule has 1 N–H and O–H groups in total. The molecule has 1 atom stereocenters. The number of ether oxygens (including phenoxy) is 2. The number of carbonyl (C=O) groups is 2. The number of rotatable bonds is 8. The van der Waals surface area contributed by atoms with E-state index in [1.54, 1.807) is 25.9 Å². The Hall–Kier alpha value is -1.83. The topological polar surface area (TPSA) is 71.1 Å². The van der Waals surface area contributed by atoms with Gasteiger partial charge in [-0.2, -0.15) is 0 Å². The molecule has 1 fully saturated rings. The summed E-state index contributed by atoms with van der Waals surface area (Å²) in [7, 11) is 1.66. The van der Waals surface area contributed by atoms with Gasteiger partial charge in [-0.15, -0.1) is 12.4 Å². The summed E-state index contributed by atoms with van der Waals surface area (Å²) in [4.78, 5) is 30.8. The molecule has 0 bridgehead atoms. The van der Waals surface area contributed by atoms with E-state index in [4.69, 9.17) is 9.47 Å². The predicted molar refractivity (Wildman–Crippen MR) is 134 cm³/mol. The second-order valence-electron chi connectivity index (χ2n) is 9.55. The average Bonchev–Trinajstić information content (AvgIpc) is 2.76. The molecule has 2 aliphatic rings. The van der Waals surface area contributed by atoms with Crippen LogP contribution in [0.15, 0.2) is 12.1 Å². The first-order valence-electron chi connectivity index (χ1n) is 11.9. The maximum atomic E-state index is 13.9. The second kappa shape index (κ2) is 11.5. The number of benzene rings is 1. The monoisotopic (exact) mass is 481 g/mol. The molecule has 0 aromatic heterocycles. The summed E-state index contributed by atoms with van der Waals surface area (Å²) in [6, 6.07) is 4.09. The lowest BCUT2D eigenvalue weighted by molar-refractivity contribution is -0.132. The number of carbonyl (C=O) groups excluding carboxylic acids is 2. The third-order valence-corrected chi connectivity index (χ3v) is 6.40. The number of halogens is 1. The summed E-state index contributed by atoms with van der Waals surface area (Å²) in [6.07, 6.45) is 3.49. The van der Waals surface area contributed by atoms with Crippen LogP contribution in [0.25, 0.3) is 0 Å². The number of fused-ring (bicyclic) bond motifs is 1. The van der Waals surface area contributed by atoms with Gasteiger partial charge in [0.05, 0.1) is 5.69 Å². The van der Waals surface area contributed by atoms with Crippen LogP contribution in [-0.4, -0.2) is 67.7 Å². The molecular weight excluding hydrogens is 442 g/mol. The Balaban J connectivity index is 0.00000385. The van der Waals surface area contributed by atoms with Gasteiger partial charge in [-0.1, -0.05) is 6.92 Å². The summed E-state index contributed by atoms with van der Waals surface area (Å²) < 4.78 is 11.3. The van der Waals surface area contributed by atoms with Crippen molar-refractivity contribution >= 4 is 29.9 Å². The molecule has 2 amide bonds. The van der Waals surface area contributed by atoms with Crippen LogP contribution in [0.1, 0.15) is 69.8 Å². The molecule has 3 rings (SSSR count). The molecule has 1 saturated heterocycles. The molecule has 186 valence electrons. The molecule has 1 aromatic carbocycles. The zero-order valence-corrected chi connectivity index (χ0v) is 21.7. The quantitative estimate of drug-likeness (QED) is 0.571. The summed E-state index contributed by atoms with van der Waals surface area (Å²) >= 11 is 0. The lowest BCUT2D eigenvalue weighted by Crippen LogP contribution is -2.53. The van der Waals surface area contributed by atoms with Crippen LogP contribution in [0.2, 0.25) is 0 Å². The van der Waals surface area contributed by atoms with Crippen molar-refractivity contribution in [1.82, 2.24) is 10.2 Å². The van der Waals surface area contributed by atoms with Crippen LogP contribution < -0.4 is 15.0 Å². The van der Waals surface area contributed by atoms with E-state index in [9.17, 15) is 9.59 Å². The largest absolute Gasteiger partial charge is 0.476 e. The first kappa shape index (κ1) is 27.4. The SMILES string of the molecule is CCc1cc2c(cc1C(=O)N(C(C)C)[C@@H]1CCCNC1)N(CCCOC)C(=O)C(C)(C)O2.Cl. The minimum atomic E-state index is -0.950. The van der Waals surface area contributed by atoms with Gasteiger partial charge in [-0.25, -0.2) is 0 Å². The van der Waals surface area contributed by atoms with Crippen molar-refractivity contribution in [2.75, 3.05) is 38.3 Å². The highest BCUT2D eigenvalue weighted by Gasteiger charge is 2.41. The minimum absolute atomic E-state index is 0. The van der Waals surface area contributed by atoms with Gasteiger partial charge in [-0.05, 0) is 77.6 Å². The van der Waals surface area contributed by atoms with Gasteiger partial charge in [0.1, 0.15) is 5.75 Å². The normalized spacial score (nSPS) is 19.5. The number of nitrogens with zero attached hydrogens (tertiary/aromatic N) is 2. The summed E-state index contributed by atoms with van der Waals surface area (Å²) in [6.45, 7) is 12.7. The van der Waals surface area contributed by atoms with Crippen LogP contribution in [0.5, 0.6) is 5.75 Å². The van der Waals surface area contributed by atoms with Gasteiger partial charge in [0, 0.05) is 44.5 Å². The Morgan fingerprint density at radius 3 is 2.67 bits per heavy atom. The van der Waals surface area contributed by atoms with Gasteiger partial charge < -0.3 is 24.6 Å². The maximum absolute atomic E-state index is 13.9. The van der Waals surface area contributed by atoms with Crippen molar-refractivity contribution < 1.29 is 19.1 Å². The first-order chi connectivity index (χ1) is 15.2. The number of hydrogen-bond acceptors (Lipinski definition) is 5. The summed E-state index contributed by atoms with van der Waals surface area (Å²) in [5, 5.41) is 3.43.